The topological polar surface area (TPSA) is 58.6 Å². The number of ether oxygens (including phenoxy) is 1. The van der Waals surface area contributed by atoms with Gasteiger partial charge in [-0.2, -0.15) is 0 Å². The van der Waals surface area contributed by atoms with Gasteiger partial charge >= 0.3 is 6.09 Å². The third kappa shape index (κ3) is 3.29. The Labute approximate surface area is 118 Å². The van der Waals surface area contributed by atoms with Gasteiger partial charge in [-0.3, -0.25) is 9.69 Å². The lowest BCUT2D eigenvalue weighted by atomic mass is 10.1. The van der Waals surface area contributed by atoms with Crippen LogP contribution in [0.1, 0.15) is 25.3 Å². The van der Waals surface area contributed by atoms with Crippen molar-refractivity contribution in [1.82, 2.24) is 10.2 Å². The van der Waals surface area contributed by atoms with Crippen LogP contribution in [-0.4, -0.2) is 36.5 Å². The number of carbonyl (C=O) groups is 2. The number of nitrogens with one attached hydrogen (secondary N) is 1. The lowest BCUT2D eigenvalue weighted by Gasteiger charge is -2.33. The summed E-state index contributed by atoms with van der Waals surface area (Å²) in [4.78, 5) is 24.4. The molecule has 0 saturated carbocycles. The van der Waals surface area contributed by atoms with Crippen molar-refractivity contribution < 1.29 is 14.3 Å². The highest BCUT2D eigenvalue weighted by Crippen LogP contribution is 2.16. The fourth-order valence-electron chi connectivity index (χ4n) is 1.99. The first-order valence-corrected chi connectivity index (χ1v) is 6.93. The number of amides is 2. The fraction of sp³-hybridized carbons (Fsp3) is 0.467. The van der Waals surface area contributed by atoms with E-state index in [1.807, 2.05) is 12.1 Å². The zero-order valence-electron chi connectivity index (χ0n) is 11.9. The third-order valence-corrected chi connectivity index (χ3v) is 3.48. The molecule has 0 unspecified atom stereocenters. The molecule has 0 bridgehead atoms. The number of hydrogen-bond donors (Lipinski definition) is 1. The second-order valence-electron chi connectivity index (χ2n) is 4.99. The van der Waals surface area contributed by atoms with Gasteiger partial charge in [0.25, 0.3) is 0 Å². The number of unbranched alkanes of at least 4 members (excludes halogenated alkanes) is 1. The SMILES string of the molecule is CCCCc1ccc(OC(=O)N(C)[C@H]2CNC2=O)cc1. The van der Waals surface area contributed by atoms with Crippen LogP contribution in [0.15, 0.2) is 24.3 Å². The second-order valence-corrected chi connectivity index (χ2v) is 4.99. The molecule has 5 nitrogen and oxygen atoms in total. The highest BCUT2D eigenvalue weighted by molar-refractivity contribution is 5.91. The molecule has 1 saturated heterocycles. The maximum Gasteiger partial charge on any atom is 0.415 e. The van der Waals surface area contributed by atoms with Gasteiger partial charge in [-0.15, -0.1) is 0 Å². The average molecular weight is 276 g/mol. The minimum Gasteiger partial charge on any atom is -0.410 e. The lowest BCUT2D eigenvalue weighted by molar-refractivity contribution is -0.131. The van der Waals surface area contributed by atoms with Crippen LogP contribution in [0.5, 0.6) is 5.75 Å². The number of hydrogen-bond acceptors (Lipinski definition) is 3. The number of nitrogens with zero attached hydrogens (tertiary/aromatic N) is 1. The molecule has 1 aliphatic rings. The van der Waals surface area contributed by atoms with Crippen molar-refractivity contribution in [2.24, 2.45) is 0 Å². The predicted octanol–water partition coefficient (Wildman–Crippen LogP) is 1.96. The molecular weight excluding hydrogens is 256 g/mol. The normalized spacial score (nSPS) is 17.1. The summed E-state index contributed by atoms with van der Waals surface area (Å²) in [5.74, 6) is 0.362. The van der Waals surface area contributed by atoms with E-state index in [-0.39, 0.29) is 5.91 Å². The van der Waals surface area contributed by atoms with E-state index in [4.69, 9.17) is 4.74 Å². The number of aryl methyl sites for hydroxylation is 1. The van der Waals surface area contributed by atoms with Crippen molar-refractivity contribution in [3.05, 3.63) is 29.8 Å². The van der Waals surface area contributed by atoms with Crippen molar-refractivity contribution in [2.75, 3.05) is 13.6 Å². The molecule has 1 aliphatic heterocycles. The number of β-lactam (4-membered cyclic amide) rings is 1. The van der Waals surface area contributed by atoms with Crippen molar-refractivity contribution in [3.8, 4) is 5.75 Å². The van der Waals surface area contributed by atoms with E-state index in [1.54, 1.807) is 19.2 Å². The Bertz CT molecular complexity index is 484. The molecule has 0 aliphatic carbocycles. The predicted molar refractivity (Wildman–Crippen MR) is 75.6 cm³/mol. The van der Waals surface area contributed by atoms with Crippen LogP contribution in [0.25, 0.3) is 0 Å². The number of rotatable bonds is 5. The zero-order chi connectivity index (χ0) is 14.5. The molecule has 1 N–H and O–H groups in total. The largest absolute Gasteiger partial charge is 0.415 e. The highest BCUT2D eigenvalue weighted by Gasteiger charge is 2.34. The van der Waals surface area contributed by atoms with Gasteiger partial charge in [0.2, 0.25) is 5.91 Å². The first kappa shape index (κ1) is 14.4. The summed E-state index contributed by atoms with van der Waals surface area (Å²) in [5, 5.41) is 2.60. The number of benzene rings is 1. The molecule has 1 atom stereocenters. The zero-order valence-corrected chi connectivity index (χ0v) is 11.9. The van der Waals surface area contributed by atoms with Crippen LogP contribution in [0, 0.1) is 0 Å². The third-order valence-electron chi connectivity index (χ3n) is 3.48. The fourth-order valence-corrected chi connectivity index (χ4v) is 1.99. The van der Waals surface area contributed by atoms with Crippen LogP contribution in [0.3, 0.4) is 0 Å². The molecule has 0 aromatic heterocycles. The van der Waals surface area contributed by atoms with E-state index in [2.05, 4.69) is 12.2 Å². The van der Waals surface area contributed by atoms with E-state index >= 15 is 0 Å². The summed E-state index contributed by atoms with van der Waals surface area (Å²) in [6, 6.07) is 7.10. The molecular formula is C15H20N2O3. The Hall–Kier alpha value is -2.04. The first-order valence-electron chi connectivity index (χ1n) is 6.93. The molecule has 1 heterocycles. The van der Waals surface area contributed by atoms with Crippen molar-refractivity contribution in [3.63, 3.8) is 0 Å². The molecule has 5 heteroatoms. The highest BCUT2D eigenvalue weighted by atomic mass is 16.6. The van der Waals surface area contributed by atoms with Crippen molar-refractivity contribution in [1.29, 1.82) is 0 Å². The van der Waals surface area contributed by atoms with Crippen LogP contribution in [0.4, 0.5) is 4.79 Å². The van der Waals surface area contributed by atoms with Crippen LogP contribution < -0.4 is 10.1 Å². The lowest BCUT2D eigenvalue weighted by Crippen LogP contribution is -2.62. The number of carbonyl (C=O) groups excluding carboxylic acids is 2. The van der Waals surface area contributed by atoms with Crippen LogP contribution >= 0.6 is 0 Å². The van der Waals surface area contributed by atoms with E-state index in [1.165, 1.54) is 10.5 Å². The molecule has 2 rings (SSSR count). The van der Waals surface area contributed by atoms with Gasteiger partial charge in [-0.25, -0.2) is 4.79 Å². The van der Waals surface area contributed by atoms with E-state index in [9.17, 15) is 9.59 Å². The smallest absolute Gasteiger partial charge is 0.410 e. The Morgan fingerprint density at radius 2 is 2.10 bits per heavy atom. The van der Waals surface area contributed by atoms with Gasteiger partial charge in [0.05, 0.1) is 0 Å². The van der Waals surface area contributed by atoms with E-state index in [0.717, 1.165) is 19.3 Å². The monoisotopic (exact) mass is 276 g/mol. The van der Waals surface area contributed by atoms with Crippen molar-refractivity contribution >= 4 is 12.0 Å². The van der Waals surface area contributed by atoms with Crippen LogP contribution in [-0.2, 0) is 11.2 Å². The molecule has 1 aromatic rings. The molecule has 1 aromatic carbocycles. The second kappa shape index (κ2) is 6.41. The Kier molecular flexibility index (Phi) is 4.61. The summed E-state index contributed by atoms with van der Waals surface area (Å²) in [6.45, 7) is 2.64. The summed E-state index contributed by atoms with van der Waals surface area (Å²) in [5.41, 5.74) is 1.23. The molecule has 108 valence electrons. The average Bonchev–Trinajstić information content (AvgIpc) is 2.44. The minimum atomic E-state index is -0.508. The van der Waals surface area contributed by atoms with Gasteiger partial charge in [0.1, 0.15) is 11.8 Å². The molecule has 0 radical (unpaired) electrons. The minimum absolute atomic E-state index is 0.139. The molecule has 0 spiro atoms. The molecule has 2 amide bonds. The maximum absolute atomic E-state index is 11.9. The first-order chi connectivity index (χ1) is 9.61. The number of likely N-dealkylation sites (N-methyl/N-ethyl adjacent to an activating group) is 1. The summed E-state index contributed by atoms with van der Waals surface area (Å²) >= 11 is 0. The summed E-state index contributed by atoms with van der Waals surface area (Å²) in [6.07, 6.45) is 2.84. The Morgan fingerprint density at radius 1 is 1.40 bits per heavy atom. The van der Waals surface area contributed by atoms with Gasteiger partial charge in [0.15, 0.2) is 0 Å². The Morgan fingerprint density at radius 3 is 2.60 bits per heavy atom. The Balaban J connectivity index is 1.89. The maximum atomic E-state index is 11.9. The van der Waals surface area contributed by atoms with E-state index < -0.39 is 12.1 Å². The van der Waals surface area contributed by atoms with Crippen LogP contribution in [0.2, 0.25) is 0 Å². The van der Waals surface area contributed by atoms with E-state index in [0.29, 0.717) is 12.3 Å². The quantitative estimate of drug-likeness (QED) is 0.836. The molecule has 20 heavy (non-hydrogen) atoms. The summed E-state index contributed by atoms with van der Waals surface area (Å²) in [7, 11) is 1.57. The van der Waals surface area contributed by atoms with Gasteiger partial charge < -0.3 is 10.1 Å². The standard InChI is InChI=1S/C15H20N2O3/c1-3-4-5-11-6-8-12(9-7-11)20-15(19)17(2)13-10-16-14(13)18/h6-9,13H,3-5,10H2,1-2H3,(H,16,18)/t13-/m0/s1. The van der Waals surface area contributed by atoms with Gasteiger partial charge in [-0.05, 0) is 30.5 Å². The van der Waals surface area contributed by atoms with Gasteiger partial charge in [-0.1, -0.05) is 25.5 Å². The molecule has 1 fully saturated rings. The van der Waals surface area contributed by atoms with Gasteiger partial charge in [0, 0.05) is 13.6 Å². The van der Waals surface area contributed by atoms with Crippen molar-refractivity contribution in [2.45, 2.75) is 32.2 Å². The summed E-state index contributed by atoms with van der Waals surface area (Å²) < 4.78 is 5.25.